The molecule has 0 aromatic carbocycles. The van der Waals surface area contributed by atoms with Crippen molar-refractivity contribution < 1.29 is 30.0 Å². The summed E-state index contributed by atoms with van der Waals surface area (Å²) < 4.78 is 0. The molecular formula is C22H26O6. The lowest BCUT2D eigenvalue weighted by atomic mass is 9.67. The predicted molar refractivity (Wildman–Crippen MR) is 99.6 cm³/mol. The molecule has 0 aliphatic heterocycles. The van der Waals surface area contributed by atoms with E-state index in [1.54, 1.807) is 0 Å². The van der Waals surface area contributed by atoms with E-state index in [1.165, 1.54) is 0 Å². The maximum atomic E-state index is 12.2. The lowest BCUT2D eigenvalue weighted by molar-refractivity contribution is -0.130. The van der Waals surface area contributed by atoms with Crippen LogP contribution < -0.4 is 0 Å². The number of allylic oxidation sites excluding steroid dienone is 4. The first kappa shape index (κ1) is 19.5. The molecule has 2 saturated carbocycles. The fourth-order valence-electron chi connectivity index (χ4n) is 5.18. The van der Waals surface area contributed by atoms with Gasteiger partial charge in [0.15, 0.2) is 0 Å². The Morgan fingerprint density at radius 2 is 0.929 bits per heavy atom. The quantitative estimate of drug-likeness (QED) is 0.445. The molecule has 0 aromatic rings. The molecular weight excluding hydrogens is 360 g/mol. The summed E-state index contributed by atoms with van der Waals surface area (Å²) in [6.45, 7) is 0. The molecule has 8 atom stereocenters. The molecule has 4 N–H and O–H groups in total. The number of carbonyl (C=O) groups excluding carboxylic acids is 2. The number of aliphatic hydroxyl groups is 4. The monoisotopic (exact) mass is 386 g/mol. The molecule has 4 rings (SSSR count). The van der Waals surface area contributed by atoms with Crippen LogP contribution >= 0.6 is 0 Å². The van der Waals surface area contributed by atoms with E-state index < -0.39 is 24.4 Å². The van der Waals surface area contributed by atoms with Gasteiger partial charge in [-0.3, -0.25) is 9.59 Å². The second-order valence-corrected chi connectivity index (χ2v) is 8.55. The summed E-state index contributed by atoms with van der Waals surface area (Å²) >= 11 is 0. The Morgan fingerprint density at radius 3 is 1.29 bits per heavy atom. The van der Waals surface area contributed by atoms with E-state index in [2.05, 4.69) is 11.8 Å². The van der Waals surface area contributed by atoms with E-state index in [9.17, 15) is 30.0 Å². The molecule has 0 radical (unpaired) electrons. The van der Waals surface area contributed by atoms with Crippen LogP contribution in [0.4, 0.5) is 0 Å². The fraction of sp³-hybridized carbons (Fsp3) is 0.636. The van der Waals surface area contributed by atoms with Gasteiger partial charge in [0, 0.05) is 47.7 Å². The van der Waals surface area contributed by atoms with E-state index in [0.717, 1.165) is 11.1 Å². The number of carbonyl (C=O) groups is 2. The van der Waals surface area contributed by atoms with Crippen molar-refractivity contribution in [1.29, 1.82) is 0 Å². The molecule has 0 amide bonds. The van der Waals surface area contributed by atoms with Gasteiger partial charge < -0.3 is 20.4 Å². The van der Waals surface area contributed by atoms with Crippen molar-refractivity contribution in [1.82, 2.24) is 0 Å². The number of ketones is 2. The van der Waals surface area contributed by atoms with Crippen LogP contribution in [0.3, 0.4) is 0 Å². The third kappa shape index (κ3) is 3.48. The maximum Gasteiger partial charge on any atom is 0.140 e. The number of fused-ring (bicyclic) bond motifs is 2. The summed E-state index contributed by atoms with van der Waals surface area (Å²) in [6, 6.07) is 0. The highest BCUT2D eigenvalue weighted by Gasteiger charge is 2.43. The zero-order valence-corrected chi connectivity index (χ0v) is 15.6. The minimum Gasteiger partial charge on any atom is -0.390 e. The zero-order valence-electron chi connectivity index (χ0n) is 15.6. The number of hydrogen-bond donors (Lipinski definition) is 4. The molecule has 0 saturated heterocycles. The maximum absolute atomic E-state index is 12.2. The van der Waals surface area contributed by atoms with Crippen molar-refractivity contribution in [3.63, 3.8) is 0 Å². The van der Waals surface area contributed by atoms with Gasteiger partial charge in [-0.1, -0.05) is 24.0 Å². The van der Waals surface area contributed by atoms with E-state index in [-0.39, 0.29) is 60.9 Å². The molecule has 6 heteroatoms. The van der Waals surface area contributed by atoms with Crippen LogP contribution in [0.15, 0.2) is 23.3 Å². The first-order valence-electron chi connectivity index (χ1n) is 10.0. The summed E-state index contributed by atoms with van der Waals surface area (Å²) in [4.78, 5) is 24.5. The zero-order chi connectivity index (χ0) is 20.0. The summed E-state index contributed by atoms with van der Waals surface area (Å²) in [5, 5.41) is 39.9. The molecule has 0 bridgehead atoms. The fourth-order valence-corrected chi connectivity index (χ4v) is 5.18. The Labute approximate surface area is 163 Å². The normalized spacial score (nSPS) is 43.1. The Morgan fingerprint density at radius 1 is 0.607 bits per heavy atom. The molecule has 4 aliphatic carbocycles. The molecule has 0 spiro atoms. The van der Waals surface area contributed by atoms with Gasteiger partial charge in [0.1, 0.15) is 11.6 Å². The lowest BCUT2D eigenvalue weighted by Gasteiger charge is -2.39. The molecule has 2 fully saturated rings. The van der Waals surface area contributed by atoms with Crippen LogP contribution in [0.25, 0.3) is 0 Å². The topological polar surface area (TPSA) is 115 Å². The van der Waals surface area contributed by atoms with E-state index in [4.69, 9.17) is 0 Å². The second-order valence-electron chi connectivity index (χ2n) is 8.55. The summed E-state index contributed by atoms with van der Waals surface area (Å²) in [5.74, 6) is 5.48. The van der Waals surface area contributed by atoms with Gasteiger partial charge in [-0.25, -0.2) is 0 Å². The van der Waals surface area contributed by atoms with E-state index >= 15 is 0 Å². The van der Waals surface area contributed by atoms with Crippen LogP contribution in [0.5, 0.6) is 0 Å². The average Bonchev–Trinajstić information content (AvgIpc) is 2.66. The van der Waals surface area contributed by atoms with Crippen molar-refractivity contribution in [2.75, 3.05) is 0 Å². The van der Waals surface area contributed by atoms with E-state index in [0.29, 0.717) is 12.8 Å². The van der Waals surface area contributed by atoms with Gasteiger partial charge in [-0.05, 0) is 25.7 Å². The Balaban J connectivity index is 1.58. The second kappa shape index (κ2) is 7.57. The highest BCUT2D eigenvalue weighted by Crippen LogP contribution is 2.41. The van der Waals surface area contributed by atoms with Gasteiger partial charge >= 0.3 is 0 Å². The van der Waals surface area contributed by atoms with Gasteiger partial charge in [0.25, 0.3) is 0 Å². The van der Waals surface area contributed by atoms with Gasteiger partial charge in [0.05, 0.1) is 24.4 Å². The lowest BCUT2D eigenvalue weighted by Crippen LogP contribution is -2.44. The van der Waals surface area contributed by atoms with Crippen molar-refractivity contribution in [3.05, 3.63) is 23.3 Å². The first-order chi connectivity index (χ1) is 13.3. The third-order valence-corrected chi connectivity index (χ3v) is 6.86. The average molecular weight is 386 g/mol. The largest absolute Gasteiger partial charge is 0.390 e. The first-order valence-corrected chi connectivity index (χ1v) is 10.0. The number of rotatable bonds is 0. The van der Waals surface area contributed by atoms with Crippen molar-refractivity contribution >= 4 is 11.6 Å². The Bertz CT molecular complexity index is 736. The van der Waals surface area contributed by atoms with Gasteiger partial charge in [0.2, 0.25) is 0 Å². The standard InChI is InChI=1S/C22H26O6/c23-17-5-3-11(13-7-19(25)21(27)9-15(13)17)1-2-12-4-6-18(24)16-10-22(28)20(26)8-14(12)16/h3-4,13-16,19-22,25-28H,5-10H2/t13-,14-,15+,16+,19-,20-,21+,22+/m0/s1. The highest BCUT2D eigenvalue weighted by atomic mass is 16.3. The van der Waals surface area contributed by atoms with Crippen LogP contribution in [0, 0.1) is 35.5 Å². The van der Waals surface area contributed by atoms with Gasteiger partial charge in [-0.2, -0.15) is 0 Å². The summed E-state index contributed by atoms with van der Waals surface area (Å²) in [6.07, 6.45) is 1.86. The molecule has 6 nitrogen and oxygen atoms in total. The molecule has 150 valence electrons. The van der Waals surface area contributed by atoms with Gasteiger partial charge in [-0.15, -0.1) is 0 Å². The van der Waals surface area contributed by atoms with Crippen LogP contribution in [0.2, 0.25) is 0 Å². The van der Waals surface area contributed by atoms with Crippen LogP contribution in [0.1, 0.15) is 38.5 Å². The van der Waals surface area contributed by atoms with Crippen molar-refractivity contribution in [3.8, 4) is 11.8 Å². The summed E-state index contributed by atoms with van der Waals surface area (Å²) in [5.41, 5.74) is 1.61. The summed E-state index contributed by atoms with van der Waals surface area (Å²) in [7, 11) is 0. The molecule has 0 unspecified atom stereocenters. The smallest absolute Gasteiger partial charge is 0.140 e. The SMILES string of the molecule is O=C1CC=C(C#CC2=CCC(=O)[C@@H]3C[C@@H](O)[C@@H](O)C[C@@H]23)[C@@H]2C[C@H](O)[C@H](O)C[C@@H]12. The number of Topliss-reactive ketones (excluding diaryl/α,β-unsaturated/α-hetero) is 2. The molecule has 0 heterocycles. The molecule has 28 heavy (non-hydrogen) atoms. The number of hydrogen-bond acceptors (Lipinski definition) is 6. The molecule has 4 aliphatic rings. The van der Waals surface area contributed by atoms with Crippen LogP contribution in [-0.4, -0.2) is 56.4 Å². The van der Waals surface area contributed by atoms with E-state index in [1.807, 2.05) is 12.2 Å². The van der Waals surface area contributed by atoms with Crippen molar-refractivity contribution in [2.45, 2.75) is 62.9 Å². The number of aliphatic hydroxyl groups excluding tert-OH is 4. The van der Waals surface area contributed by atoms with Crippen molar-refractivity contribution in [2.24, 2.45) is 23.7 Å². The minimum absolute atomic E-state index is 0.0773. The molecule has 0 aromatic heterocycles. The third-order valence-electron chi connectivity index (χ3n) is 6.86. The highest BCUT2D eigenvalue weighted by molar-refractivity contribution is 5.86. The Hall–Kier alpha value is -1.78. The predicted octanol–water partition coefficient (Wildman–Crippen LogP) is 0.284. The minimum atomic E-state index is -0.875. The Kier molecular flexibility index (Phi) is 5.28. The van der Waals surface area contributed by atoms with Crippen LogP contribution in [-0.2, 0) is 9.59 Å².